The molecular weight excluding hydrogens is 394 g/mol. The van der Waals surface area contributed by atoms with Crippen molar-refractivity contribution in [3.8, 4) is 0 Å². The third-order valence-electron chi connectivity index (χ3n) is 6.60. The van der Waals surface area contributed by atoms with Gasteiger partial charge in [-0.25, -0.2) is 4.98 Å². The van der Waals surface area contributed by atoms with Gasteiger partial charge in [0.25, 0.3) is 0 Å². The minimum Gasteiger partial charge on any atom is -0.381 e. The van der Waals surface area contributed by atoms with Crippen molar-refractivity contribution in [3.05, 3.63) is 47.7 Å². The molecular formula is C24H29N3O4. The Hall–Kier alpha value is -2.48. The van der Waals surface area contributed by atoms with Crippen LogP contribution in [0, 0.1) is 5.92 Å². The second-order valence-electron chi connectivity index (χ2n) is 8.48. The van der Waals surface area contributed by atoms with Crippen molar-refractivity contribution in [1.82, 2.24) is 4.98 Å². The molecule has 1 aromatic carbocycles. The summed E-state index contributed by atoms with van der Waals surface area (Å²) < 4.78 is 17.0. The minimum atomic E-state index is -0.114. The first-order chi connectivity index (χ1) is 15.2. The van der Waals surface area contributed by atoms with Gasteiger partial charge in [0.2, 0.25) is 5.91 Å². The SMILES string of the molecule is CO[C@H]1CC[C@H](C(=O)N2Cc3cccnc3Nc3ccc(C4COCCO4)cc32)CC1. The smallest absolute Gasteiger partial charge is 0.230 e. The number of nitrogens with one attached hydrogen (secondary N) is 1. The number of fused-ring (bicyclic) bond motifs is 2. The van der Waals surface area contributed by atoms with E-state index in [4.69, 9.17) is 14.2 Å². The van der Waals surface area contributed by atoms with E-state index in [0.717, 1.165) is 54.0 Å². The summed E-state index contributed by atoms with van der Waals surface area (Å²) in [7, 11) is 1.76. The fourth-order valence-electron chi connectivity index (χ4n) is 4.78. The van der Waals surface area contributed by atoms with Gasteiger partial charge in [-0.3, -0.25) is 4.79 Å². The fourth-order valence-corrected chi connectivity index (χ4v) is 4.78. The van der Waals surface area contributed by atoms with Crippen molar-refractivity contribution in [1.29, 1.82) is 0 Å². The number of pyridine rings is 1. The largest absolute Gasteiger partial charge is 0.381 e. The van der Waals surface area contributed by atoms with Gasteiger partial charge in [0.05, 0.1) is 43.8 Å². The molecule has 1 atom stereocenters. The first-order valence-electron chi connectivity index (χ1n) is 11.1. The molecule has 2 fully saturated rings. The van der Waals surface area contributed by atoms with Crippen LogP contribution in [0.2, 0.25) is 0 Å². The monoisotopic (exact) mass is 423 g/mol. The summed E-state index contributed by atoms with van der Waals surface area (Å²) in [5, 5.41) is 3.44. The van der Waals surface area contributed by atoms with E-state index in [1.807, 2.05) is 29.2 Å². The Morgan fingerprint density at radius 1 is 1.19 bits per heavy atom. The average Bonchev–Trinajstić information content (AvgIpc) is 3.00. The molecule has 7 heteroatoms. The van der Waals surface area contributed by atoms with E-state index >= 15 is 0 Å². The number of carbonyl (C=O) groups excluding carboxylic acids is 1. The number of hydrogen-bond acceptors (Lipinski definition) is 6. The summed E-state index contributed by atoms with van der Waals surface area (Å²) in [6.45, 7) is 2.24. The van der Waals surface area contributed by atoms with Crippen molar-refractivity contribution >= 4 is 23.1 Å². The molecule has 1 unspecified atom stereocenters. The van der Waals surface area contributed by atoms with E-state index in [-0.39, 0.29) is 24.0 Å². The Kier molecular flexibility index (Phi) is 5.89. The highest BCUT2D eigenvalue weighted by atomic mass is 16.6. The van der Waals surface area contributed by atoms with Gasteiger partial charge in [0.1, 0.15) is 11.9 Å². The molecule has 31 heavy (non-hydrogen) atoms. The number of methoxy groups -OCH3 is 1. The maximum Gasteiger partial charge on any atom is 0.230 e. The lowest BCUT2D eigenvalue weighted by molar-refractivity contribution is -0.124. The van der Waals surface area contributed by atoms with Gasteiger partial charge in [0, 0.05) is 24.8 Å². The maximum atomic E-state index is 13.7. The lowest BCUT2D eigenvalue weighted by Crippen LogP contribution is -2.38. The lowest BCUT2D eigenvalue weighted by atomic mass is 9.86. The number of carbonyl (C=O) groups is 1. The zero-order valence-corrected chi connectivity index (χ0v) is 17.9. The molecule has 1 aliphatic carbocycles. The van der Waals surface area contributed by atoms with E-state index in [2.05, 4.69) is 16.4 Å². The topological polar surface area (TPSA) is 72.9 Å². The lowest BCUT2D eigenvalue weighted by Gasteiger charge is -2.32. The van der Waals surface area contributed by atoms with E-state index in [1.165, 1.54) is 0 Å². The van der Waals surface area contributed by atoms with Crippen LogP contribution in [-0.4, -0.2) is 43.9 Å². The number of aromatic nitrogens is 1. The Morgan fingerprint density at radius 3 is 2.84 bits per heavy atom. The number of anilines is 3. The first-order valence-corrected chi connectivity index (χ1v) is 11.1. The van der Waals surface area contributed by atoms with Crippen molar-refractivity contribution < 1.29 is 19.0 Å². The minimum absolute atomic E-state index is 0.00962. The van der Waals surface area contributed by atoms with Gasteiger partial charge in [0.15, 0.2) is 0 Å². The van der Waals surface area contributed by atoms with Crippen LogP contribution in [0.15, 0.2) is 36.5 Å². The maximum absolute atomic E-state index is 13.7. The van der Waals surface area contributed by atoms with Gasteiger partial charge < -0.3 is 24.4 Å². The van der Waals surface area contributed by atoms with Crippen LogP contribution in [0.5, 0.6) is 0 Å². The second-order valence-corrected chi connectivity index (χ2v) is 8.48. The van der Waals surface area contributed by atoms with Crippen molar-refractivity contribution in [3.63, 3.8) is 0 Å². The molecule has 3 heterocycles. The number of hydrogen-bond donors (Lipinski definition) is 1. The zero-order chi connectivity index (χ0) is 21.2. The first kappa shape index (κ1) is 20.4. The van der Waals surface area contributed by atoms with Crippen LogP contribution in [0.1, 0.15) is 42.9 Å². The Bertz CT molecular complexity index is 936. The van der Waals surface area contributed by atoms with E-state index in [9.17, 15) is 4.79 Å². The van der Waals surface area contributed by atoms with Crippen LogP contribution in [-0.2, 0) is 25.5 Å². The fraction of sp³-hybridized carbons (Fsp3) is 0.500. The third-order valence-corrected chi connectivity index (χ3v) is 6.60. The van der Waals surface area contributed by atoms with Crippen molar-refractivity contribution in [2.75, 3.05) is 37.1 Å². The molecule has 1 saturated heterocycles. The van der Waals surface area contributed by atoms with Crippen LogP contribution >= 0.6 is 0 Å². The van der Waals surface area contributed by atoms with Crippen LogP contribution in [0.4, 0.5) is 17.2 Å². The molecule has 2 aromatic rings. The van der Waals surface area contributed by atoms with Crippen LogP contribution in [0.25, 0.3) is 0 Å². The molecule has 1 N–H and O–H groups in total. The highest BCUT2D eigenvalue weighted by Gasteiger charge is 2.33. The molecule has 5 rings (SSSR count). The second kappa shape index (κ2) is 8.94. The summed E-state index contributed by atoms with van der Waals surface area (Å²) in [6, 6.07) is 10.1. The molecule has 1 amide bonds. The van der Waals surface area contributed by atoms with Crippen LogP contribution in [0.3, 0.4) is 0 Å². The Morgan fingerprint density at radius 2 is 2.06 bits per heavy atom. The van der Waals surface area contributed by atoms with Crippen LogP contribution < -0.4 is 10.2 Å². The number of ether oxygens (including phenoxy) is 3. The summed E-state index contributed by atoms with van der Waals surface area (Å²) in [5.74, 6) is 0.981. The van der Waals surface area contributed by atoms with Gasteiger partial charge in [-0.15, -0.1) is 0 Å². The number of benzene rings is 1. The Labute approximate surface area is 182 Å². The zero-order valence-electron chi connectivity index (χ0n) is 17.9. The summed E-state index contributed by atoms with van der Waals surface area (Å²) in [5.41, 5.74) is 3.80. The molecule has 0 spiro atoms. The normalized spacial score (nSPS) is 25.7. The predicted octanol–water partition coefficient (Wildman–Crippen LogP) is 3.96. The van der Waals surface area contributed by atoms with E-state index in [1.54, 1.807) is 13.3 Å². The average molecular weight is 424 g/mol. The quantitative estimate of drug-likeness (QED) is 0.806. The molecule has 164 valence electrons. The van der Waals surface area contributed by atoms with Crippen molar-refractivity contribution in [2.45, 2.75) is 44.4 Å². The molecule has 0 bridgehead atoms. The highest BCUT2D eigenvalue weighted by molar-refractivity contribution is 5.99. The van der Waals surface area contributed by atoms with Crippen molar-refractivity contribution in [2.24, 2.45) is 5.92 Å². The molecule has 1 aromatic heterocycles. The molecule has 7 nitrogen and oxygen atoms in total. The summed E-state index contributed by atoms with van der Waals surface area (Å²) >= 11 is 0. The molecule has 2 aliphatic heterocycles. The van der Waals surface area contributed by atoms with Gasteiger partial charge in [-0.1, -0.05) is 12.1 Å². The number of nitrogens with zero attached hydrogens (tertiary/aromatic N) is 2. The molecule has 3 aliphatic rings. The molecule has 1 saturated carbocycles. The third kappa shape index (κ3) is 4.18. The van der Waals surface area contributed by atoms with Gasteiger partial charge >= 0.3 is 0 Å². The van der Waals surface area contributed by atoms with E-state index < -0.39 is 0 Å². The predicted molar refractivity (Wildman–Crippen MR) is 117 cm³/mol. The summed E-state index contributed by atoms with van der Waals surface area (Å²) in [6.07, 6.45) is 5.50. The standard InChI is InChI=1S/C24H29N3O4/c1-29-19-7-4-16(5-8-19)24(28)27-14-18-3-2-10-25-23(18)26-20-9-6-17(13-21(20)27)22-15-30-11-12-31-22/h2-3,6,9-10,13,16,19,22H,4-5,7-8,11-12,14-15H2,1H3,(H,25,26)/t16-,19-,22?. The molecule has 0 radical (unpaired) electrons. The number of rotatable bonds is 3. The van der Waals surface area contributed by atoms with Gasteiger partial charge in [-0.2, -0.15) is 0 Å². The van der Waals surface area contributed by atoms with E-state index in [0.29, 0.717) is 26.4 Å². The number of amides is 1. The highest BCUT2D eigenvalue weighted by Crippen LogP contribution is 2.39. The Balaban J connectivity index is 1.49. The summed E-state index contributed by atoms with van der Waals surface area (Å²) in [4.78, 5) is 20.2. The van der Waals surface area contributed by atoms with Gasteiger partial charge in [-0.05, 0) is 49.4 Å².